The molecule has 0 aliphatic rings. The quantitative estimate of drug-likeness (QED) is 0.828. The summed E-state index contributed by atoms with van der Waals surface area (Å²) in [5.41, 5.74) is 6.86. The Morgan fingerprint density at radius 2 is 2.11 bits per heavy atom. The van der Waals surface area contributed by atoms with E-state index >= 15 is 0 Å². The number of rotatable bonds is 4. The fourth-order valence-electron chi connectivity index (χ4n) is 1.30. The van der Waals surface area contributed by atoms with Crippen molar-refractivity contribution in [3.63, 3.8) is 0 Å². The Kier molecular flexibility index (Phi) is 5.35. The van der Waals surface area contributed by atoms with E-state index in [1.54, 1.807) is 30.0 Å². The summed E-state index contributed by atoms with van der Waals surface area (Å²) in [4.78, 5) is 11.7. The number of amides is 1. The summed E-state index contributed by atoms with van der Waals surface area (Å²) in [6, 6.07) is 5.04. The Labute approximate surface area is 117 Å². The molecule has 0 saturated heterocycles. The van der Waals surface area contributed by atoms with Gasteiger partial charge in [-0.05, 0) is 18.2 Å². The highest BCUT2D eigenvalue weighted by molar-refractivity contribution is 8.00. The minimum atomic E-state index is -0.0410. The molecular formula is C13H19ClN2OS. The number of carbonyl (C=O) groups is 1. The molecule has 100 valence electrons. The zero-order chi connectivity index (χ0) is 13.8. The van der Waals surface area contributed by atoms with E-state index in [4.69, 9.17) is 17.3 Å². The number of halogens is 1. The topological polar surface area (TPSA) is 55.1 Å². The van der Waals surface area contributed by atoms with Crippen LogP contribution < -0.4 is 11.1 Å². The van der Waals surface area contributed by atoms with Gasteiger partial charge in [0, 0.05) is 21.9 Å². The van der Waals surface area contributed by atoms with Crippen LogP contribution in [0.15, 0.2) is 18.2 Å². The van der Waals surface area contributed by atoms with E-state index in [-0.39, 0.29) is 10.7 Å². The lowest BCUT2D eigenvalue weighted by Crippen LogP contribution is -2.16. The van der Waals surface area contributed by atoms with Crippen molar-refractivity contribution in [3.8, 4) is 0 Å². The standard InChI is InChI=1S/C13H19ClN2OS/c1-13(2,3)18-7-6-12(17)16-11-8-9(14)4-5-10(11)15/h4-5,8H,6-7,15H2,1-3H3,(H,16,17). The third-order valence-corrected chi connectivity index (χ3v) is 3.66. The second-order valence-corrected chi connectivity index (χ2v) is 7.35. The first kappa shape index (κ1) is 15.2. The minimum Gasteiger partial charge on any atom is -0.397 e. The van der Waals surface area contributed by atoms with Crippen molar-refractivity contribution in [1.82, 2.24) is 0 Å². The number of benzene rings is 1. The second-order valence-electron chi connectivity index (χ2n) is 4.99. The number of nitrogens with one attached hydrogen (secondary N) is 1. The van der Waals surface area contributed by atoms with Gasteiger partial charge in [-0.15, -0.1) is 0 Å². The molecule has 0 aliphatic carbocycles. The van der Waals surface area contributed by atoms with Gasteiger partial charge in [-0.3, -0.25) is 4.79 Å². The van der Waals surface area contributed by atoms with E-state index in [1.165, 1.54) is 0 Å². The third kappa shape index (κ3) is 5.65. The van der Waals surface area contributed by atoms with Gasteiger partial charge in [-0.25, -0.2) is 0 Å². The number of hydrogen-bond acceptors (Lipinski definition) is 3. The molecule has 0 aromatic heterocycles. The van der Waals surface area contributed by atoms with Crippen LogP contribution in [-0.4, -0.2) is 16.4 Å². The van der Waals surface area contributed by atoms with Crippen LogP contribution in [0.25, 0.3) is 0 Å². The molecule has 1 amide bonds. The lowest BCUT2D eigenvalue weighted by atomic mass is 10.2. The molecule has 0 fully saturated rings. The molecule has 1 aromatic rings. The van der Waals surface area contributed by atoms with E-state index in [0.717, 1.165) is 5.75 Å². The highest BCUT2D eigenvalue weighted by Crippen LogP contribution is 2.25. The van der Waals surface area contributed by atoms with Crippen LogP contribution in [0, 0.1) is 0 Å². The predicted octanol–water partition coefficient (Wildman–Crippen LogP) is 3.78. The Bertz CT molecular complexity index is 429. The number of thioether (sulfide) groups is 1. The van der Waals surface area contributed by atoms with Crippen molar-refractivity contribution < 1.29 is 4.79 Å². The first-order valence-electron chi connectivity index (χ1n) is 5.77. The average Bonchev–Trinajstić information content (AvgIpc) is 2.21. The van der Waals surface area contributed by atoms with Gasteiger partial charge in [-0.1, -0.05) is 32.4 Å². The molecule has 0 aliphatic heterocycles. The molecule has 18 heavy (non-hydrogen) atoms. The maximum atomic E-state index is 11.7. The van der Waals surface area contributed by atoms with E-state index < -0.39 is 0 Å². The van der Waals surface area contributed by atoms with E-state index in [2.05, 4.69) is 26.1 Å². The number of hydrogen-bond donors (Lipinski definition) is 2. The summed E-state index contributed by atoms with van der Waals surface area (Å²) < 4.78 is 0.176. The maximum absolute atomic E-state index is 11.7. The molecule has 0 radical (unpaired) electrons. The van der Waals surface area contributed by atoms with Gasteiger partial charge in [0.25, 0.3) is 0 Å². The van der Waals surface area contributed by atoms with E-state index in [1.807, 2.05) is 0 Å². The summed E-state index contributed by atoms with van der Waals surface area (Å²) in [6.45, 7) is 6.39. The fraction of sp³-hybridized carbons (Fsp3) is 0.462. The Hall–Kier alpha value is -0.870. The van der Waals surface area contributed by atoms with Crippen LogP contribution in [0.5, 0.6) is 0 Å². The molecule has 0 unspecified atom stereocenters. The molecule has 0 saturated carbocycles. The first-order valence-corrected chi connectivity index (χ1v) is 7.13. The largest absolute Gasteiger partial charge is 0.397 e. The van der Waals surface area contributed by atoms with Crippen molar-refractivity contribution in [2.45, 2.75) is 31.9 Å². The summed E-state index contributed by atoms with van der Waals surface area (Å²) in [5.74, 6) is 0.747. The van der Waals surface area contributed by atoms with Crippen LogP contribution in [0.2, 0.25) is 5.02 Å². The Balaban J connectivity index is 2.47. The fourth-order valence-corrected chi connectivity index (χ4v) is 2.37. The van der Waals surface area contributed by atoms with Crippen molar-refractivity contribution in [2.75, 3.05) is 16.8 Å². The summed E-state index contributed by atoms with van der Waals surface area (Å²) in [6.07, 6.45) is 0.466. The van der Waals surface area contributed by atoms with Gasteiger partial charge in [0.2, 0.25) is 5.91 Å². The minimum absolute atomic E-state index is 0.0410. The van der Waals surface area contributed by atoms with Gasteiger partial charge in [0.15, 0.2) is 0 Å². The maximum Gasteiger partial charge on any atom is 0.225 e. The monoisotopic (exact) mass is 286 g/mol. The zero-order valence-electron chi connectivity index (χ0n) is 10.9. The molecule has 0 spiro atoms. The summed E-state index contributed by atoms with van der Waals surface area (Å²) >= 11 is 7.62. The second kappa shape index (κ2) is 6.34. The number of carbonyl (C=O) groups excluding carboxylic acids is 1. The van der Waals surface area contributed by atoms with Crippen molar-refractivity contribution >= 4 is 40.6 Å². The molecular weight excluding hydrogens is 268 g/mol. The molecule has 0 atom stereocenters. The Morgan fingerprint density at radius 3 is 2.72 bits per heavy atom. The van der Waals surface area contributed by atoms with Gasteiger partial charge < -0.3 is 11.1 Å². The molecule has 3 nitrogen and oxygen atoms in total. The molecule has 1 aromatic carbocycles. The smallest absolute Gasteiger partial charge is 0.225 e. The van der Waals surface area contributed by atoms with Crippen LogP contribution in [0.3, 0.4) is 0 Å². The van der Waals surface area contributed by atoms with Crippen molar-refractivity contribution in [3.05, 3.63) is 23.2 Å². The number of anilines is 2. The third-order valence-electron chi connectivity index (χ3n) is 2.15. The van der Waals surface area contributed by atoms with Crippen LogP contribution in [0.1, 0.15) is 27.2 Å². The molecule has 3 N–H and O–H groups in total. The van der Waals surface area contributed by atoms with E-state index in [9.17, 15) is 4.79 Å². The predicted molar refractivity (Wildman–Crippen MR) is 81.3 cm³/mol. The summed E-state index contributed by atoms with van der Waals surface area (Å²) in [5, 5.41) is 3.33. The highest BCUT2D eigenvalue weighted by atomic mass is 35.5. The van der Waals surface area contributed by atoms with E-state index in [0.29, 0.717) is 22.8 Å². The molecule has 0 heterocycles. The first-order chi connectivity index (χ1) is 8.28. The SMILES string of the molecule is CC(C)(C)SCCC(=O)Nc1cc(Cl)ccc1N. The van der Waals surface area contributed by atoms with Crippen LogP contribution >= 0.6 is 23.4 Å². The normalized spacial score (nSPS) is 11.3. The average molecular weight is 287 g/mol. The molecule has 5 heteroatoms. The lowest BCUT2D eigenvalue weighted by Gasteiger charge is -2.17. The van der Waals surface area contributed by atoms with Crippen LogP contribution in [-0.2, 0) is 4.79 Å². The van der Waals surface area contributed by atoms with Gasteiger partial charge in [0.1, 0.15) is 0 Å². The van der Waals surface area contributed by atoms with Gasteiger partial charge in [-0.2, -0.15) is 11.8 Å². The van der Waals surface area contributed by atoms with Gasteiger partial charge >= 0.3 is 0 Å². The highest BCUT2D eigenvalue weighted by Gasteiger charge is 2.12. The Morgan fingerprint density at radius 1 is 1.44 bits per heavy atom. The van der Waals surface area contributed by atoms with Crippen molar-refractivity contribution in [2.24, 2.45) is 0 Å². The molecule has 1 rings (SSSR count). The zero-order valence-corrected chi connectivity index (χ0v) is 12.5. The lowest BCUT2D eigenvalue weighted by molar-refractivity contribution is -0.115. The van der Waals surface area contributed by atoms with Crippen LogP contribution in [0.4, 0.5) is 11.4 Å². The molecule has 0 bridgehead atoms. The number of nitrogen functional groups attached to an aromatic ring is 1. The van der Waals surface area contributed by atoms with Crippen molar-refractivity contribution in [1.29, 1.82) is 0 Å². The van der Waals surface area contributed by atoms with Gasteiger partial charge in [0.05, 0.1) is 11.4 Å². The summed E-state index contributed by atoms with van der Waals surface area (Å²) in [7, 11) is 0. The number of nitrogens with two attached hydrogens (primary N) is 1.